The molecule has 92 valence electrons. The van der Waals surface area contributed by atoms with Gasteiger partial charge in [0, 0.05) is 22.8 Å². The van der Waals surface area contributed by atoms with E-state index in [9.17, 15) is 4.79 Å². The average molecular weight is 263 g/mol. The fourth-order valence-electron chi connectivity index (χ4n) is 1.41. The van der Waals surface area contributed by atoms with Crippen molar-refractivity contribution in [3.63, 3.8) is 0 Å². The number of rotatable bonds is 2. The molecule has 1 heterocycles. The molecule has 0 radical (unpaired) electrons. The molecule has 2 aromatic rings. The van der Waals surface area contributed by atoms with Crippen LogP contribution in [-0.2, 0) is 4.74 Å². The van der Waals surface area contributed by atoms with Gasteiger partial charge >= 0.3 is 0 Å². The van der Waals surface area contributed by atoms with Crippen LogP contribution < -0.4 is 5.56 Å². The predicted molar refractivity (Wildman–Crippen MR) is 71.1 cm³/mol. The molecule has 0 bridgehead atoms. The van der Waals surface area contributed by atoms with Gasteiger partial charge in [0.1, 0.15) is 0 Å². The molecular formula is C13H11ClN2O2. The lowest BCUT2D eigenvalue weighted by molar-refractivity contribution is 0.399. The summed E-state index contributed by atoms with van der Waals surface area (Å²) in [5, 5.41) is 4.76. The molecule has 0 fully saturated rings. The summed E-state index contributed by atoms with van der Waals surface area (Å²) in [6.07, 6.45) is 1.57. The highest BCUT2D eigenvalue weighted by atomic mass is 35.5. The number of nitrogens with zero attached hydrogens (tertiary/aromatic N) is 2. The topological polar surface area (TPSA) is 43.6 Å². The quantitative estimate of drug-likeness (QED) is 0.616. The first-order chi connectivity index (χ1) is 8.70. The first kappa shape index (κ1) is 12.4. The van der Waals surface area contributed by atoms with E-state index in [0.29, 0.717) is 10.9 Å². The van der Waals surface area contributed by atoms with E-state index in [4.69, 9.17) is 16.3 Å². The maximum absolute atomic E-state index is 11.5. The minimum Gasteiger partial charge on any atom is -0.480 e. The molecular weight excluding hydrogens is 252 g/mol. The van der Waals surface area contributed by atoms with E-state index >= 15 is 0 Å². The molecule has 1 aromatic heterocycles. The number of methoxy groups -OCH3 is 1. The van der Waals surface area contributed by atoms with Crippen molar-refractivity contribution in [2.45, 2.75) is 0 Å². The third-order valence-corrected chi connectivity index (χ3v) is 2.54. The molecule has 5 heteroatoms. The monoisotopic (exact) mass is 262 g/mol. The first-order valence-electron chi connectivity index (χ1n) is 5.27. The Bertz CT molecular complexity index is 617. The minimum atomic E-state index is -0.221. The standard InChI is InChI=1S/C13H11ClN2O2/c1-18-13(10-5-7-11(14)8-6-10)15-16-9-3-2-4-12(16)17/h2-9H,1H3/b15-13-. The Hall–Kier alpha value is -2.07. The largest absolute Gasteiger partial charge is 0.480 e. The van der Waals surface area contributed by atoms with Crippen LogP contribution >= 0.6 is 11.6 Å². The fraction of sp³-hybridized carbons (Fsp3) is 0.0769. The second-order valence-corrected chi connectivity index (χ2v) is 3.94. The van der Waals surface area contributed by atoms with Crippen LogP contribution in [0.2, 0.25) is 5.02 Å². The highest BCUT2D eigenvalue weighted by Crippen LogP contribution is 2.10. The zero-order valence-electron chi connectivity index (χ0n) is 9.71. The van der Waals surface area contributed by atoms with Gasteiger partial charge in [-0.05, 0) is 30.3 Å². The Morgan fingerprint density at radius 1 is 1.22 bits per heavy atom. The van der Waals surface area contributed by atoms with Crippen LogP contribution in [0.5, 0.6) is 0 Å². The normalized spacial score (nSPS) is 11.3. The van der Waals surface area contributed by atoms with Gasteiger partial charge in [-0.3, -0.25) is 4.79 Å². The fourth-order valence-corrected chi connectivity index (χ4v) is 1.53. The summed E-state index contributed by atoms with van der Waals surface area (Å²) in [6, 6.07) is 11.8. The van der Waals surface area contributed by atoms with Crippen LogP contribution in [0.25, 0.3) is 0 Å². The lowest BCUT2D eigenvalue weighted by Crippen LogP contribution is -2.17. The van der Waals surface area contributed by atoms with E-state index in [-0.39, 0.29) is 5.56 Å². The number of pyridine rings is 1. The second-order valence-electron chi connectivity index (χ2n) is 3.50. The molecule has 2 rings (SSSR count). The molecule has 0 spiro atoms. The molecule has 1 aromatic carbocycles. The number of hydrogen-bond donors (Lipinski definition) is 0. The van der Waals surface area contributed by atoms with Crippen molar-refractivity contribution in [1.29, 1.82) is 0 Å². The Morgan fingerprint density at radius 3 is 2.56 bits per heavy atom. The van der Waals surface area contributed by atoms with Crippen molar-refractivity contribution in [2.24, 2.45) is 5.10 Å². The van der Waals surface area contributed by atoms with E-state index in [1.54, 1.807) is 42.6 Å². The summed E-state index contributed by atoms with van der Waals surface area (Å²) in [4.78, 5) is 11.5. The van der Waals surface area contributed by atoms with Crippen molar-refractivity contribution < 1.29 is 4.74 Å². The van der Waals surface area contributed by atoms with Gasteiger partial charge < -0.3 is 4.74 Å². The van der Waals surface area contributed by atoms with Crippen LogP contribution in [0.4, 0.5) is 0 Å². The van der Waals surface area contributed by atoms with Crippen LogP contribution in [0, 0.1) is 0 Å². The summed E-state index contributed by atoms with van der Waals surface area (Å²) < 4.78 is 6.40. The number of ether oxygens (including phenoxy) is 1. The average Bonchev–Trinajstić information content (AvgIpc) is 2.39. The Labute approximate surface area is 109 Å². The lowest BCUT2D eigenvalue weighted by Gasteiger charge is -2.05. The van der Waals surface area contributed by atoms with Gasteiger partial charge in [0.2, 0.25) is 5.90 Å². The maximum Gasteiger partial charge on any atom is 0.270 e. The Morgan fingerprint density at radius 2 is 1.94 bits per heavy atom. The summed E-state index contributed by atoms with van der Waals surface area (Å²) >= 11 is 5.81. The molecule has 0 aliphatic rings. The SMILES string of the molecule is CO/C(=N\n1ccccc1=O)c1ccc(Cl)cc1. The number of hydrogen-bond acceptors (Lipinski definition) is 3. The summed E-state index contributed by atoms with van der Waals surface area (Å²) in [6.45, 7) is 0. The van der Waals surface area contributed by atoms with Gasteiger partial charge in [-0.15, -0.1) is 5.10 Å². The van der Waals surface area contributed by atoms with Gasteiger partial charge in [0.25, 0.3) is 5.56 Å². The molecule has 0 aliphatic carbocycles. The number of aromatic nitrogens is 1. The molecule has 0 unspecified atom stereocenters. The molecule has 4 nitrogen and oxygen atoms in total. The molecule has 0 saturated heterocycles. The van der Waals surface area contributed by atoms with E-state index < -0.39 is 0 Å². The van der Waals surface area contributed by atoms with Gasteiger partial charge in [-0.25, -0.2) is 4.68 Å². The van der Waals surface area contributed by atoms with Gasteiger partial charge in [0.15, 0.2) is 0 Å². The van der Waals surface area contributed by atoms with Crippen molar-refractivity contribution in [3.8, 4) is 0 Å². The van der Waals surface area contributed by atoms with E-state index in [0.717, 1.165) is 5.56 Å². The highest BCUT2D eigenvalue weighted by Gasteiger charge is 2.04. The molecule has 0 N–H and O–H groups in total. The molecule has 18 heavy (non-hydrogen) atoms. The first-order valence-corrected chi connectivity index (χ1v) is 5.65. The van der Waals surface area contributed by atoms with Gasteiger partial charge in [-0.1, -0.05) is 17.7 Å². The van der Waals surface area contributed by atoms with Crippen molar-refractivity contribution in [3.05, 3.63) is 69.6 Å². The van der Waals surface area contributed by atoms with Crippen LogP contribution in [0.3, 0.4) is 0 Å². The number of benzene rings is 1. The Kier molecular flexibility index (Phi) is 3.79. The van der Waals surface area contributed by atoms with E-state index in [1.165, 1.54) is 17.9 Å². The molecule has 0 amide bonds. The Balaban J connectivity index is 2.43. The molecule has 0 aliphatic heterocycles. The predicted octanol–water partition coefficient (Wildman–Crippen LogP) is 2.36. The summed E-state index contributed by atoms with van der Waals surface area (Å²) in [5.74, 6) is 0.347. The van der Waals surface area contributed by atoms with Crippen LogP contribution in [0.1, 0.15) is 5.56 Å². The van der Waals surface area contributed by atoms with Crippen LogP contribution in [-0.4, -0.2) is 17.7 Å². The highest BCUT2D eigenvalue weighted by molar-refractivity contribution is 6.30. The van der Waals surface area contributed by atoms with Crippen molar-refractivity contribution >= 4 is 17.5 Å². The van der Waals surface area contributed by atoms with Crippen LogP contribution in [0.15, 0.2) is 58.6 Å². The third kappa shape index (κ3) is 2.78. The maximum atomic E-state index is 11.5. The summed E-state index contributed by atoms with van der Waals surface area (Å²) in [5.41, 5.74) is 0.527. The molecule has 0 saturated carbocycles. The van der Waals surface area contributed by atoms with Gasteiger partial charge in [-0.2, -0.15) is 0 Å². The smallest absolute Gasteiger partial charge is 0.270 e. The third-order valence-electron chi connectivity index (χ3n) is 2.29. The zero-order chi connectivity index (χ0) is 13.0. The molecule has 0 atom stereocenters. The van der Waals surface area contributed by atoms with Crippen molar-refractivity contribution in [1.82, 2.24) is 4.68 Å². The summed E-state index contributed by atoms with van der Waals surface area (Å²) in [7, 11) is 1.50. The van der Waals surface area contributed by atoms with Gasteiger partial charge in [0.05, 0.1) is 7.11 Å². The lowest BCUT2D eigenvalue weighted by atomic mass is 10.2. The minimum absolute atomic E-state index is 0.221. The van der Waals surface area contributed by atoms with E-state index in [1.807, 2.05) is 0 Å². The number of halogens is 1. The second kappa shape index (κ2) is 5.51. The van der Waals surface area contributed by atoms with Crippen molar-refractivity contribution in [2.75, 3.05) is 7.11 Å². The zero-order valence-corrected chi connectivity index (χ0v) is 10.5. The van der Waals surface area contributed by atoms with E-state index in [2.05, 4.69) is 5.10 Å².